The van der Waals surface area contributed by atoms with Crippen LogP contribution in [-0.4, -0.2) is 43.5 Å². The van der Waals surface area contributed by atoms with E-state index >= 15 is 0 Å². The predicted octanol–water partition coefficient (Wildman–Crippen LogP) is 3.54. The topological polar surface area (TPSA) is 70.7 Å². The summed E-state index contributed by atoms with van der Waals surface area (Å²) in [6.07, 6.45) is 4.79. The molecule has 4 rings (SSSR count). The Kier molecular flexibility index (Phi) is 6.33. The van der Waals surface area contributed by atoms with Crippen molar-refractivity contribution in [1.29, 1.82) is 0 Å². The number of ether oxygens (including phenoxy) is 1. The van der Waals surface area contributed by atoms with Gasteiger partial charge >= 0.3 is 0 Å². The highest BCUT2D eigenvalue weighted by atomic mass is 16.5. The summed E-state index contributed by atoms with van der Waals surface area (Å²) in [5, 5.41) is 6.00. The molecule has 2 aromatic rings. The van der Waals surface area contributed by atoms with E-state index in [1.807, 2.05) is 24.3 Å². The van der Waals surface area contributed by atoms with Crippen LogP contribution in [0.2, 0.25) is 0 Å². The van der Waals surface area contributed by atoms with Crippen molar-refractivity contribution in [1.82, 2.24) is 10.2 Å². The van der Waals surface area contributed by atoms with Gasteiger partial charge in [-0.15, -0.1) is 0 Å². The highest BCUT2D eigenvalue weighted by Gasteiger charge is 2.24. The number of fused-ring (bicyclic) bond motifs is 1. The van der Waals surface area contributed by atoms with Crippen molar-refractivity contribution in [2.45, 2.75) is 38.1 Å². The summed E-state index contributed by atoms with van der Waals surface area (Å²) in [5.74, 6) is 0.787. The third kappa shape index (κ3) is 4.65. The molecule has 0 radical (unpaired) electrons. The third-order valence-electron chi connectivity index (χ3n) is 6.05. The van der Waals surface area contributed by atoms with Crippen molar-refractivity contribution in [3.05, 3.63) is 59.2 Å². The monoisotopic (exact) mass is 407 g/mol. The van der Waals surface area contributed by atoms with Crippen LogP contribution in [0.15, 0.2) is 42.5 Å². The Labute approximate surface area is 177 Å². The van der Waals surface area contributed by atoms with Gasteiger partial charge in [0.2, 0.25) is 5.91 Å². The molecular formula is C24H29N3O3. The van der Waals surface area contributed by atoms with Gasteiger partial charge in [-0.3, -0.25) is 14.5 Å². The van der Waals surface area contributed by atoms with Crippen molar-refractivity contribution in [3.63, 3.8) is 0 Å². The van der Waals surface area contributed by atoms with E-state index in [-0.39, 0.29) is 17.9 Å². The van der Waals surface area contributed by atoms with Crippen LogP contribution in [0.1, 0.15) is 53.2 Å². The Morgan fingerprint density at radius 3 is 2.60 bits per heavy atom. The maximum Gasteiger partial charge on any atom is 0.251 e. The van der Waals surface area contributed by atoms with Crippen LogP contribution >= 0.6 is 0 Å². The number of likely N-dealkylation sites (tertiary alicyclic amines) is 1. The van der Waals surface area contributed by atoms with Crippen LogP contribution in [0.25, 0.3) is 0 Å². The van der Waals surface area contributed by atoms with Gasteiger partial charge in [0.1, 0.15) is 5.75 Å². The number of piperidine rings is 1. The minimum atomic E-state index is -0.0785. The second-order valence-corrected chi connectivity index (χ2v) is 8.02. The Morgan fingerprint density at radius 1 is 1.10 bits per heavy atom. The van der Waals surface area contributed by atoms with Gasteiger partial charge in [0.15, 0.2) is 0 Å². The van der Waals surface area contributed by atoms with E-state index < -0.39 is 0 Å². The van der Waals surface area contributed by atoms with Crippen molar-refractivity contribution in [2.24, 2.45) is 0 Å². The number of rotatable bonds is 6. The van der Waals surface area contributed by atoms with Gasteiger partial charge in [-0.05, 0) is 73.8 Å². The van der Waals surface area contributed by atoms with Crippen LogP contribution < -0.4 is 15.4 Å². The van der Waals surface area contributed by atoms with Gasteiger partial charge in [0.05, 0.1) is 13.2 Å². The van der Waals surface area contributed by atoms with Crippen LogP contribution in [0.4, 0.5) is 5.69 Å². The molecule has 0 saturated carbocycles. The molecule has 2 N–H and O–H groups in total. The Balaban J connectivity index is 1.47. The largest absolute Gasteiger partial charge is 0.497 e. The van der Waals surface area contributed by atoms with E-state index in [9.17, 15) is 9.59 Å². The smallest absolute Gasteiger partial charge is 0.251 e. The molecule has 2 aromatic carbocycles. The van der Waals surface area contributed by atoms with Crippen molar-refractivity contribution >= 4 is 17.5 Å². The van der Waals surface area contributed by atoms with E-state index in [0.29, 0.717) is 24.9 Å². The summed E-state index contributed by atoms with van der Waals surface area (Å²) in [5.41, 5.74) is 3.65. The SMILES string of the molecule is COc1ccc([C@H](CNC(=O)c2ccc3c(c2)CCC(=O)N3)N2CCCCC2)cc1. The first-order chi connectivity index (χ1) is 14.6. The summed E-state index contributed by atoms with van der Waals surface area (Å²) in [7, 11) is 1.67. The van der Waals surface area contributed by atoms with Crippen LogP contribution in [0, 0.1) is 0 Å². The summed E-state index contributed by atoms with van der Waals surface area (Å²) in [6, 6.07) is 13.8. The number of carbonyl (C=O) groups excluding carboxylic acids is 2. The van der Waals surface area contributed by atoms with Gasteiger partial charge in [0.25, 0.3) is 5.91 Å². The van der Waals surface area contributed by atoms with E-state index in [2.05, 4.69) is 27.7 Å². The van der Waals surface area contributed by atoms with Gasteiger partial charge in [-0.1, -0.05) is 18.6 Å². The zero-order chi connectivity index (χ0) is 20.9. The fourth-order valence-electron chi connectivity index (χ4n) is 4.33. The van der Waals surface area contributed by atoms with E-state index in [4.69, 9.17) is 4.74 Å². The highest BCUT2D eigenvalue weighted by Crippen LogP contribution is 2.27. The van der Waals surface area contributed by atoms with Gasteiger partial charge in [-0.25, -0.2) is 0 Å². The molecule has 0 aromatic heterocycles. The van der Waals surface area contributed by atoms with Gasteiger partial charge in [0, 0.05) is 24.2 Å². The second-order valence-electron chi connectivity index (χ2n) is 8.02. The summed E-state index contributed by atoms with van der Waals surface area (Å²) < 4.78 is 5.29. The third-order valence-corrected chi connectivity index (χ3v) is 6.05. The molecule has 0 bridgehead atoms. The minimum absolute atomic E-state index is 0.0311. The van der Waals surface area contributed by atoms with Crippen LogP contribution in [0.3, 0.4) is 0 Å². The van der Waals surface area contributed by atoms with E-state index in [1.165, 1.54) is 24.8 Å². The molecule has 1 atom stereocenters. The normalized spacial score (nSPS) is 17.6. The standard InChI is InChI=1S/C24H29N3O3/c1-30-20-9-5-17(6-10-20)22(27-13-3-2-4-14-27)16-25-24(29)19-7-11-21-18(15-19)8-12-23(28)26-21/h5-7,9-11,15,22H,2-4,8,12-14,16H2,1H3,(H,25,29)(H,26,28)/t22-/m0/s1. The molecule has 1 fully saturated rings. The lowest BCUT2D eigenvalue weighted by Crippen LogP contribution is -2.40. The van der Waals surface area contributed by atoms with Gasteiger partial charge in [-0.2, -0.15) is 0 Å². The minimum Gasteiger partial charge on any atom is -0.497 e. The number of nitrogens with zero attached hydrogens (tertiary/aromatic N) is 1. The quantitative estimate of drug-likeness (QED) is 0.769. The summed E-state index contributed by atoms with van der Waals surface area (Å²) in [6.45, 7) is 2.65. The van der Waals surface area contributed by atoms with Crippen LogP contribution in [0.5, 0.6) is 5.75 Å². The number of anilines is 1. The number of amides is 2. The number of hydrogen-bond acceptors (Lipinski definition) is 4. The Morgan fingerprint density at radius 2 is 1.87 bits per heavy atom. The molecule has 2 aliphatic heterocycles. The lowest BCUT2D eigenvalue weighted by atomic mass is 9.99. The molecule has 2 heterocycles. The fourth-order valence-corrected chi connectivity index (χ4v) is 4.33. The molecule has 158 valence electrons. The van der Waals surface area contributed by atoms with Gasteiger partial charge < -0.3 is 15.4 Å². The summed E-state index contributed by atoms with van der Waals surface area (Å²) in [4.78, 5) is 26.9. The van der Waals surface area contributed by atoms with Crippen LogP contribution in [-0.2, 0) is 11.2 Å². The highest BCUT2D eigenvalue weighted by molar-refractivity contribution is 5.97. The Bertz CT molecular complexity index is 904. The lowest BCUT2D eigenvalue weighted by Gasteiger charge is -2.35. The average molecular weight is 408 g/mol. The number of benzene rings is 2. The number of aryl methyl sites for hydroxylation is 1. The number of methoxy groups -OCH3 is 1. The molecule has 0 spiro atoms. The summed E-state index contributed by atoms with van der Waals surface area (Å²) >= 11 is 0. The van der Waals surface area contributed by atoms with Crippen molar-refractivity contribution in [2.75, 3.05) is 32.1 Å². The first-order valence-corrected chi connectivity index (χ1v) is 10.7. The first-order valence-electron chi connectivity index (χ1n) is 10.7. The maximum absolute atomic E-state index is 12.9. The van der Waals surface area contributed by atoms with Crippen molar-refractivity contribution in [3.8, 4) is 5.75 Å². The first kappa shape index (κ1) is 20.4. The second kappa shape index (κ2) is 9.30. The number of carbonyl (C=O) groups is 2. The molecule has 0 unspecified atom stereocenters. The van der Waals surface area contributed by atoms with E-state index in [1.54, 1.807) is 13.2 Å². The maximum atomic E-state index is 12.9. The molecule has 2 aliphatic rings. The Hall–Kier alpha value is -2.86. The molecule has 30 heavy (non-hydrogen) atoms. The molecule has 6 heteroatoms. The van der Waals surface area contributed by atoms with Crippen molar-refractivity contribution < 1.29 is 14.3 Å². The number of hydrogen-bond donors (Lipinski definition) is 2. The molecule has 0 aliphatic carbocycles. The average Bonchev–Trinajstić information content (AvgIpc) is 2.80. The molecule has 2 amide bonds. The number of nitrogens with one attached hydrogen (secondary N) is 2. The fraction of sp³-hybridized carbons (Fsp3) is 0.417. The predicted molar refractivity (Wildman–Crippen MR) is 117 cm³/mol. The lowest BCUT2D eigenvalue weighted by molar-refractivity contribution is -0.116. The molecule has 1 saturated heterocycles. The molecule has 6 nitrogen and oxygen atoms in total. The van der Waals surface area contributed by atoms with E-state index in [0.717, 1.165) is 30.1 Å². The zero-order valence-electron chi connectivity index (χ0n) is 17.4. The zero-order valence-corrected chi connectivity index (χ0v) is 17.4. The molecular weight excluding hydrogens is 378 g/mol.